The molecule has 138 valence electrons. The van der Waals surface area contributed by atoms with E-state index in [2.05, 4.69) is 20.2 Å². The van der Waals surface area contributed by atoms with Crippen LogP contribution in [0.1, 0.15) is 34.2 Å². The zero-order chi connectivity index (χ0) is 18.3. The van der Waals surface area contributed by atoms with Gasteiger partial charge in [0.25, 0.3) is 5.91 Å². The Morgan fingerprint density at radius 1 is 1.35 bits per heavy atom. The second kappa shape index (κ2) is 6.49. The number of carbonyl (C=O) groups excluding carboxylic acids is 1. The maximum absolute atomic E-state index is 13.1. The van der Waals surface area contributed by atoms with Crippen LogP contribution in [-0.4, -0.2) is 44.2 Å². The Morgan fingerprint density at radius 2 is 2.19 bits per heavy atom. The predicted molar refractivity (Wildman–Crippen MR) is 96.7 cm³/mol. The Morgan fingerprint density at radius 3 is 3.00 bits per heavy atom. The Labute approximate surface area is 152 Å². The highest BCUT2D eigenvalue weighted by Crippen LogP contribution is 2.32. The van der Waals surface area contributed by atoms with Crippen LogP contribution in [0.5, 0.6) is 0 Å². The average Bonchev–Trinajstić information content (AvgIpc) is 3.25. The zero-order valence-corrected chi connectivity index (χ0v) is 15.3. The maximum atomic E-state index is 13.1. The standard InChI is InChI=1S/C17H21N5O3S/c1-2-19-26(24,25)12-4-3-11-6-8-22(15(11)9-12)17(23)16-13-10-18-7-5-14(13)20-21-16/h3-4,9,18-19H,2,5-8,10H2,1H3,(H,20,21). The number of H-pyrrole nitrogens is 1. The fourth-order valence-electron chi connectivity index (χ4n) is 3.54. The molecule has 0 bridgehead atoms. The van der Waals surface area contributed by atoms with Crippen LogP contribution in [0, 0.1) is 0 Å². The van der Waals surface area contributed by atoms with Crippen molar-refractivity contribution in [2.45, 2.75) is 31.2 Å². The van der Waals surface area contributed by atoms with Gasteiger partial charge in [0.05, 0.1) is 4.90 Å². The first-order valence-corrected chi connectivity index (χ1v) is 10.2. The first-order chi connectivity index (χ1) is 12.5. The van der Waals surface area contributed by atoms with Crippen LogP contribution in [0.4, 0.5) is 5.69 Å². The monoisotopic (exact) mass is 375 g/mol. The molecule has 0 aliphatic carbocycles. The molecular weight excluding hydrogens is 354 g/mol. The van der Waals surface area contributed by atoms with Gasteiger partial charge in [-0.3, -0.25) is 9.89 Å². The lowest BCUT2D eigenvalue weighted by Crippen LogP contribution is -2.32. The number of rotatable bonds is 4. The van der Waals surface area contributed by atoms with E-state index in [1.165, 1.54) is 0 Å². The highest BCUT2D eigenvalue weighted by molar-refractivity contribution is 7.89. The van der Waals surface area contributed by atoms with Gasteiger partial charge in [-0.1, -0.05) is 13.0 Å². The summed E-state index contributed by atoms with van der Waals surface area (Å²) in [5, 5.41) is 10.4. The number of carbonyl (C=O) groups is 1. The molecule has 4 rings (SSSR count). The molecular formula is C17H21N5O3S. The molecule has 0 radical (unpaired) electrons. The fraction of sp³-hybridized carbons (Fsp3) is 0.412. The number of aromatic nitrogens is 2. The molecule has 1 aromatic carbocycles. The van der Waals surface area contributed by atoms with E-state index >= 15 is 0 Å². The van der Waals surface area contributed by atoms with E-state index in [9.17, 15) is 13.2 Å². The van der Waals surface area contributed by atoms with Gasteiger partial charge in [-0.2, -0.15) is 5.10 Å². The van der Waals surface area contributed by atoms with Crippen LogP contribution in [0.2, 0.25) is 0 Å². The molecule has 3 heterocycles. The van der Waals surface area contributed by atoms with E-state index in [1.54, 1.807) is 30.0 Å². The maximum Gasteiger partial charge on any atom is 0.279 e. The molecule has 8 nitrogen and oxygen atoms in total. The Hall–Kier alpha value is -2.23. The van der Waals surface area contributed by atoms with Gasteiger partial charge in [0.1, 0.15) is 0 Å². The topological polar surface area (TPSA) is 107 Å². The van der Waals surface area contributed by atoms with Gasteiger partial charge < -0.3 is 10.2 Å². The van der Waals surface area contributed by atoms with Crippen molar-refractivity contribution in [3.8, 4) is 0 Å². The van der Waals surface area contributed by atoms with Gasteiger partial charge in [-0.25, -0.2) is 13.1 Å². The predicted octanol–water partition coefficient (Wildman–Crippen LogP) is 0.556. The first-order valence-electron chi connectivity index (χ1n) is 8.72. The minimum absolute atomic E-state index is 0.170. The van der Waals surface area contributed by atoms with Gasteiger partial charge in [0.2, 0.25) is 10.0 Å². The number of aromatic amines is 1. The molecule has 9 heteroatoms. The molecule has 0 spiro atoms. The molecule has 3 N–H and O–H groups in total. The van der Waals surface area contributed by atoms with Gasteiger partial charge in [0.15, 0.2) is 5.69 Å². The summed E-state index contributed by atoms with van der Waals surface area (Å²) in [7, 11) is -3.57. The third-order valence-electron chi connectivity index (χ3n) is 4.85. The minimum Gasteiger partial charge on any atom is -0.312 e. The van der Waals surface area contributed by atoms with Crippen molar-refractivity contribution in [1.29, 1.82) is 0 Å². The van der Waals surface area contributed by atoms with Crippen molar-refractivity contribution in [3.05, 3.63) is 40.7 Å². The number of benzene rings is 1. The van der Waals surface area contributed by atoms with Crippen molar-refractivity contribution in [3.63, 3.8) is 0 Å². The lowest BCUT2D eigenvalue weighted by molar-refractivity contribution is 0.0983. The zero-order valence-electron chi connectivity index (χ0n) is 14.5. The molecule has 0 atom stereocenters. The summed E-state index contributed by atoms with van der Waals surface area (Å²) in [6, 6.07) is 4.95. The average molecular weight is 375 g/mol. The molecule has 0 saturated carbocycles. The van der Waals surface area contributed by atoms with Crippen LogP contribution in [0.3, 0.4) is 0 Å². The SMILES string of the molecule is CCNS(=O)(=O)c1ccc2c(c1)N(C(=O)c1n[nH]c3c1CNCC3)CC2. The molecule has 26 heavy (non-hydrogen) atoms. The van der Waals surface area contributed by atoms with Crippen LogP contribution in [0.25, 0.3) is 0 Å². The van der Waals surface area contributed by atoms with Crippen LogP contribution < -0.4 is 14.9 Å². The second-order valence-corrected chi connectivity index (χ2v) is 8.22. The summed E-state index contributed by atoms with van der Waals surface area (Å²) < 4.78 is 27.1. The first kappa shape index (κ1) is 17.2. The number of amides is 1. The minimum atomic E-state index is -3.57. The lowest BCUT2D eigenvalue weighted by atomic mass is 10.1. The second-order valence-electron chi connectivity index (χ2n) is 6.45. The van der Waals surface area contributed by atoms with E-state index in [4.69, 9.17) is 0 Å². The molecule has 2 aromatic rings. The van der Waals surface area contributed by atoms with Gasteiger partial charge >= 0.3 is 0 Å². The molecule has 0 saturated heterocycles. The van der Waals surface area contributed by atoms with Crippen molar-refractivity contribution >= 4 is 21.6 Å². The van der Waals surface area contributed by atoms with Crippen LogP contribution >= 0.6 is 0 Å². The molecule has 0 unspecified atom stereocenters. The van der Waals surface area contributed by atoms with Gasteiger partial charge in [-0.05, 0) is 24.1 Å². The smallest absolute Gasteiger partial charge is 0.279 e. The Balaban J connectivity index is 1.69. The number of fused-ring (bicyclic) bond motifs is 2. The summed E-state index contributed by atoms with van der Waals surface area (Å²) >= 11 is 0. The summed E-state index contributed by atoms with van der Waals surface area (Å²) in [4.78, 5) is 14.9. The third kappa shape index (κ3) is 2.81. The van der Waals surface area contributed by atoms with E-state index < -0.39 is 10.0 Å². The van der Waals surface area contributed by atoms with E-state index in [0.29, 0.717) is 37.4 Å². The van der Waals surface area contributed by atoms with Crippen LogP contribution in [-0.2, 0) is 29.4 Å². The van der Waals surface area contributed by atoms with Crippen molar-refractivity contribution in [2.75, 3.05) is 24.5 Å². The fourth-order valence-corrected chi connectivity index (χ4v) is 4.60. The van der Waals surface area contributed by atoms with Crippen molar-refractivity contribution in [1.82, 2.24) is 20.2 Å². The molecule has 2 aliphatic heterocycles. The number of hydrogen-bond donors (Lipinski definition) is 3. The largest absolute Gasteiger partial charge is 0.312 e. The van der Waals surface area contributed by atoms with E-state index in [0.717, 1.165) is 29.8 Å². The number of sulfonamides is 1. The summed E-state index contributed by atoms with van der Waals surface area (Å²) in [6.45, 7) is 4.04. The molecule has 1 aromatic heterocycles. The summed E-state index contributed by atoms with van der Waals surface area (Å²) in [5.41, 5.74) is 3.94. The molecule has 1 amide bonds. The lowest BCUT2D eigenvalue weighted by Gasteiger charge is -2.19. The summed E-state index contributed by atoms with van der Waals surface area (Å²) in [5.74, 6) is -0.192. The normalized spacial score (nSPS) is 16.4. The Kier molecular flexibility index (Phi) is 4.29. The molecule has 2 aliphatic rings. The number of hydrogen-bond acceptors (Lipinski definition) is 5. The summed E-state index contributed by atoms with van der Waals surface area (Å²) in [6.07, 6.45) is 1.52. The van der Waals surface area contributed by atoms with Gasteiger partial charge in [0, 0.05) is 49.5 Å². The van der Waals surface area contributed by atoms with Crippen LogP contribution in [0.15, 0.2) is 23.1 Å². The Bertz CT molecular complexity index is 967. The van der Waals surface area contributed by atoms with E-state index in [1.807, 2.05) is 0 Å². The van der Waals surface area contributed by atoms with Crippen molar-refractivity contribution < 1.29 is 13.2 Å². The number of nitrogens with one attached hydrogen (secondary N) is 3. The number of nitrogens with zero attached hydrogens (tertiary/aromatic N) is 2. The van der Waals surface area contributed by atoms with Crippen molar-refractivity contribution in [2.24, 2.45) is 0 Å². The van der Waals surface area contributed by atoms with E-state index in [-0.39, 0.29) is 10.8 Å². The van der Waals surface area contributed by atoms with Gasteiger partial charge in [-0.15, -0.1) is 0 Å². The highest BCUT2D eigenvalue weighted by atomic mass is 32.2. The number of anilines is 1. The molecule has 0 fully saturated rings. The third-order valence-corrected chi connectivity index (χ3v) is 6.39. The quantitative estimate of drug-likeness (QED) is 0.724. The highest BCUT2D eigenvalue weighted by Gasteiger charge is 2.31.